The van der Waals surface area contributed by atoms with Crippen molar-refractivity contribution in [3.05, 3.63) is 0 Å². The first kappa shape index (κ1) is 13.8. The first-order valence-corrected chi connectivity index (χ1v) is 9.02. The van der Waals surface area contributed by atoms with Gasteiger partial charge in [0.25, 0.3) is 0 Å². The molecule has 0 N–H and O–H groups in total. The highest BCUT2D eigenvalue weighted by atomic mass is 32.2. The molecule has 0 radical (unpaired) electrons. The van der Waals surface area contributed by atoms with Crippen molar-refractivity contribution < 1.29 is 17.9 Å². The summed E-state index contributed by atoms with van der Waals surface area (Å²) in [6.07, 6.45) is 4.72. The Balaban J connectivity index is 1.56. The second-order valence-corrected chi connectivity index (χ2v) is 8.29. The van der Waals surface area contributed by atoms with E-state index in [4.69, 9.17) is 9.47 Å². The van der Waals surface area contributed by atoms with E-state index in [9.17, 15) is 8.42 Å². The van der Waals surface area contributed by atoms with Crippen molar-refractivity contribution in [2.24, 2.45) is 0 Å². The van der Waals surface area contributed by atoms with E-state index in [0.29, 0.717) is 30.8 Å². The standard InChI is InChI=1S/C13H23NO4S/c1-14(12-4-9-19(15,16)10-12)11-2-5-13(6-3-11)17-7-8-18-13/h11-12H,2-10H2,1H3. The molecule has 0 aromatic carbocycles. The molecule has 2 aliphatic heterocycles. The molecule has 2 saturated heterocycles. The Morgan fingerprint density at radius 2 is 1.68 bits per heavy atom. The van der Waals surface area contributed by atoms with Gasteiger partial charge in [-0.25, -0.2) is 8.42 Å². The summed E-state index contributed by atoms with van der Waals surface area (Å²) >= 11 is 0. The zero-order valence-corrected chi connectivity index (χ0v) is 12.3. The maximum absolute atomic E-state index is 11.6. The summed E-state index contributed by atoms with van der Waals surface area (Å²) in [5.74, 6) is 0.363. The molecule has 1 aliphatic carbocycles. The van der Waals surface area contributed by atoms with Crippen LogP contribution in [0.4, 0.5) is 0 Å². The van der Waals surface area contributed by atoms with Gasteiger partial charge in [-0.2, -0.15) is 0 Å². The Bertz CT molecular complexity index is 420. The molecule has 0 aromatic rings. The number of rotatable bonds is 2. The van der Waals surface area contributed by atoms with Crippen LogP contribution >= 0.6 is 0 Å². The zero-order chi connectivity index (χ0) is 13.5. The van der Waals surface area contributed by atoms with E-state index in [1.807, 2.05) is 0 Å². The van der Waals surface area contributed by atoms with Crippen molar-refractivity contribution in [3.8, 4) is 0 Å². The number of sulfone groups is 1. The molecule has 0 bridgehead atoms. The Kier molecular flexibility index (Phi) is 3.62. The Morgan fingerprint density at radius 1 is 1.05 bits per heavy atom. The van der Waals surface area contributed by atoms with Gasteiger partial charge in [0.05, 0.1) is 24.7 Å². The third-order valence-corrected chi connectivity index (χ3v) is 6.64. The van der Waals surface area contributed by atoms with Gasteiger partial charge in [-0.3, -0.25) is 4.90 Å². The quantitative estimate of drug-likeness (QED) is 0.752. The second kappa shape index (κ2) is 4.98. The molecule has 3 rings (SSSR count). The third kappa shape index (κ3) is 2.82. The molecule has 3 aliphatic rings. The minimum absolute atomic E-state index is 0.203. The van der Waals surface area contributed by atoms with Crippen LogP contribution in [0, 0.1) is 0 Å². The molecule has 1 unspecified atom stereocenters. The van der Waals surface area contributed by atoms with Gasteiger partial charge in [0.15, 0.2) is 15.6 Å². The molecule has 1 spiro atoms. The zero-order valence-electron chi connectivity index (χ0n) is 11.5. The number of hydrogen-bond acceptors (Lipinski definition) is 5. The predicted molar refractivity (Wildman–Crippen MR) is 71.7 cm³/mol. The molecule has 19 heavy (non-hydrogen) atoms. The highest BCUT2D eigenvalue weighted by Crippen LogP contribution is 2.38. The summed E-state index contributed by atoms with van der Waals surface area (Å²) in [5.41, 5.74) is 0. The number of hydrogen-bond donors (Lipinski definition) is 0. The van der Waals surface area contributed by atoms with Crippen LogP contribution in [0.3, 0.4) is 0 Å². The summed E-state index contributed by atoms with van der Waals surface area (Å²) in [4.78, 5) is 2.28. The largest absolute Gasteiger partial charge is 0.348 e. The van der Waals surface area contributed by atoms with Crippen molar-refractivity contribution in [2.45, 2.75) is 50.0 Å². The van der Waals surface area contributed by atoms with Crippen molar-refractivity contribution in [3.63, 3.8) is 0 Å². The van der Waals surface area contributed by atoms with E-state index in [-0.39, 0.29) is 11.8 Å². The van der Waals surface area contributed by atoms with Crippen LogP contribution in [-0.4, -0.2) is 63.0 Å². The van der Waals surface area contributed by atoms with Crippen LogP contribution < -0.4 is 0 Å². The highest BCUT2D eigenvalue weighted by molar-refractivity contribution is 7.91. The topological polar surface area (TPSA) is 55.8 Å². The van der Waals surface area contributed by atoms with E-state index in [0.717, 1.165) is 32.1 Å². The van der Waals surface area contributed by atoms with Crippen LogP contribution in [-0.2, 0) is 19.3 Å². The molecule has 3 fully saturated rings. The fourth-order valence-corrected chi connectivity index (χ4v) is 5.42. The predicted octanol–water partition coefficient (Wildman–Crippen LogP) is 0.791. The molecule has 0 aromatic heterocycles. The van der Waals surface area contributed by atoms with Crippen LogP contribution in [0.5, 0.6) is 0 Å². The van der Waals surface area contributed by atoms with Gasteiger partial charge in [0.1, 0.15) is 0 Å². The second-order valence-electron chi connectivity index (χ2n) is 6.06. The first-order chi connectivity index (χ1) is 9.00. The Labute approximate surface area is 115 Å². The fraction of sp³-hybridized carbons (Fsp3) is 1.00. The van der Waals surface area contributed by atoms with Gasteiger partial charge in [-0.1, -0.05) is 0 Å². The lowest BCUT2D eigenvalue weighted by molar-refractivity contribution is -0.184. The normalized spacial score (nSPS) is 34.3. The van der Waals surface area contributed by atoms with Crippen molar-refractivity contribution in [2.75, 3.05) is 31.8 Å². The third-order valence-electron chi connectivity index (χ3n) is 4.89. The summed E-state index contributed by atoms with van der Waals surface area (Å²) in [5, 5.41) is 0. The lowest BCUT2D eigenvalue weighted by Gasteiger charge is -2.40. The Hall–Kier alpha value is -0.170. The van der Waals surface area contributed by atoms with Crippen LogP contribution in [0.15, 0.2) is 0 Å². The SMILES string of the molecule is CN(C1CCC2(CC1)OCCO2)C1CCS(=O)(=O)C1. The molecular formula is C13H23NO4S. The van der Waals surface area contributed by atoms with Crippen LogP contribution in [0.2, 0.25) is 0 Å². The van der Waals surface area contributed by atoms with E-state index in [1.54, 1.807) is 0 Å². The van der Waals surface area contributed by atoms with Gasteiger partial charge >= 0.3 is 0 Å². The molecule has 0 amide bonds. The van der Waals surface area contributed by atoms with E-state index in [2.05, 4.69) is 11.9 Å². The fourth-order valence-electron chi connectivity index (χ4n) is 3.63. The average Bonchev–Trinajstić information content (AvgIpc) is 2.97. The smallest absolute Gasteiger partial charge is 0.168 e. The number of nitrogens with zero attached hydrogens (tertiary/aromatic N) is 1. The van der Waals surface area contributed by atoms with Gasteiger partial charge in [0.2, 0.25) is 0 Å². The van der Waals surface area contributed by atoms with Gasteiger partial charge in [-0.15, -0.1) is 0 Å². The minimum Gasteiger partial charge on any atom is -0.348 e. The average molecular weight is 289 g/mol. The Morgan fingerprint density at radius 3 is 2.21 bits per heavy atom. The molecule has 2 heterocycles. The van der Waals surface area contributed by atoms with Crippen LogP contribution in [0.1, 0.15) is 32.1 Å². The summed E-state index contributed by atoms with van der Waals surface area (Å²) in [6.45, 7) is 1.42. The summed E-state index contributed by atoms with van der Waals surface area (Å²) in [7, 11) is -0.718. The summed E-state index contributed by atoms with van der Waals surface area (Å²) < 4.78 is 34.6. The van der Waals surface area contributed by atoms with Gasteiger partial charge in [-0.05, 0) is 26.3 Å². The molecular weight excluding hydrogens is 266 g/mol. The maximum Gasteiger partial charge on any atom is 0.168 e. The highest BCUT2D eigenvalue weighted by Gasteiger charge is 2.42. The van der Waals surface area contributed by atoms with Crippen molar-refractivity contribution in [1.82, 2.24) is 4.90 Å². The summed E-state index contributed by atoms with van der Waals surface area (Å²) in [6, 6.07) is 0.672. The van der Waals surface area contributed by atoms with Crippen molar-refractivity contribution in [1.29, 1.82) is 0 Å². The van der Waals surface area contributed by atoms with Gasteiger partial charge < -0.3 is 9.47 Å². The molecule has 6 heteroatoms. The van der Waals surface area contributed by atoms with Crippen LogP contribution in [0.25, 0.3) is 0 Å². The number of ether oxygens (including phenoxy) is 2. The van der Waals surface area contributed by atoms with Crippen molar-refractivity contribution >= 4 is 9.84 Å². The van der Waals surface area contributed by atoms with Gasteiger partial charge in [0, 0.05) is 24.9 Å². The minimum atomic E-state index is -2.79. The lowest BCUT2D eigenvalue weighted by atomic mass is 9.88. The van der Waals surface area contributed by atoms with E-state index < -0.39 is 9.84 Å². The molecule has 110 valence electrons. The molecule has 1 saturated carbocycles. The molecule has 5 nitrogen and oxygen atoms in total. The van der Waals surface area contributed by atoms with E-state index >= 15 is 0 Å². The first-order valence-electron chi connectivity index (χ1n) is 7.20. The molecule has 1 atom stereocenters. The van der Waals surface area contributed by atoms with E-state index in [1.165, 1.54) is 0 Å². The lowest BCUT2D eigenvalue weighted by Crippen LogP contribution is -2.46. The maximum atomic E-state index is 11.6. The monoisotopic (exact) mass is 289 g/mol.